The van der Waals surface area contributed by atoms with E-state index in [1.54, 1.807) is 16.7 Å². The molecule has 18 heavy (non-hydrogen) atoms. The molecule has 2 aliphatic rings. The molecular formula is C12H20N2O4. The normalized spacial score (nSPS) is 32.0. The van der Waals surface area contributed by atoms with Crippen LogP contribution in [0.1, 0.15) is 19.8 Å². The number of amides is 2. The summed E-state index contributed by atoms with van der Waals surface area (Å²) in [4.78, 5) is 26.7. The predicted molar refractivity (Wildman–Crippen MR) is 64.1 cm³/mol. The number of carboxylic acids is 1. The first-order valence-corrected chi connectivity index (χ1v) is 6.34. The molecule has 102 valence electrons. The highest BCUT2D eigenvalue weighted by molar-refractivity contribution is 5.79. The first kappa shape index (κ1) is 13.1. The number of carbonyl (C=O) groups excluding carboxylic acids is 1. The zero-order valence-electron chi connectivity index (χ0n) is 10.6. The number of carboxylic acid groups (broad SMARTS) is 1. The van der Waals surface area contributed by atoms with Gasteiger partial charge in [-0.2, -0.15) is 0 Å². The van der Waals surface area contributed by atoms with Crippen LogP contribution in [0.3, 0.4) is 0 Å². The number of nitrogens with zero attached hydrogens (tertiary/aromatic N) is 2. The molecule has 2 amide bonds. The van der Waals surface area contributed by atoms with Gasteiger partial charge in [0.25, 0.3) is 0 Å². The quantitative estimate of drug-likeness (QED) is 0.740. The highest BCUT2D eigenvalue weighted by Gasteiger charge is 2.43. The van der Waals surface area contributed by atoms with Gasteiger partial charge in [0.15, 0.2) is 0 Å². The smallest absolute Gasteiger partial charge is 0.320 e. The Kier molecular flexibility index (Phi) is 3.47. The van der Waals surface area contributed by atoms with Crippen molar-refractivity contribution in [1.29, 1.82) is 0 Å². The summed E-state index contributed by atoms with van der Waals surface area (Å²) >= 11 is 0. The predicted octanol–water partition coefficient (Wildman–Crippen LogP) is 0.217. The Labute approximate surface area is 106 Å². The van der Waals surface area contributed by atoms with Gasteiger partial charge in [-0.05, 0) is 19.8 Å². The van der Waals surface area contributed by atoms with Crippen LogP contribution < -0.4 is 0 Å². The van der Waals surface area contributed by atoms with E-state index in [0.717, 1.165) is 6.42 Å². The molecule has 2 atom stereocenters. The van der Waals surface area contributed by atoms with Gasteiger partial charge in [0, 0.05) is 38.7 Å². The van der Waals surface area contributed by atoms with Crippen LogP contribution in [0.5, 0.6) is 0 Å². The lowest BCUT2D eigenvalue weighted by Crippen LogP contribution is -2.42. The van der Waals surface area contributed by atoms with E-state index in [2.05, 4.69) is 0 Å². The van der Waals surface area contributed by atoms with Gasteiger partial charge >= 0.3 is 12.0 Å². The maximum atomic E-state index is 12.2. The Morgan fingerprint density at radius 2 is 2.06 bits per heavy atom. The molecule has 2 unspecified atom stereocenters. The fourth-order valence-electron chi connectivity index (χ4n) is 2.65. The largest absolute Gasteiger partial charge is 0.481 e. The number of likely N-dealkylation sites (tertiary alicyclic amines) is 2. The van der Waals surface area contributed by atoms with Crippen molar-refractivity contribution in [3.05, 3.63) is 0 Å². The molecule has 0 bridgehead atoms. The SMILES string of the molecule is CC1(C(=O)O)CCN(C(=O)N2CCC(CO)C2)C1. The molecule has 0 saturated carbocycles. The lowest BCUT2D eigenvalue weighted by Gasteiger charge is -2.25. The van der Waals surface area contributed by atoms with Crippen LogP contribution in [0.15, 0.2) is 0 Å². The summed E-state index contributed by atoms with van der Waals surface area (Å²) in [6.45, 7) is 3.81. The van der Waals surface area contributed by atoms with Crippen molar-refractivity contribution in [2.24, 2.45) is 11.3 Å². The number of aliphatic carboxylic acids is 1. The zero-order valence-corrected chi connectivity index (χ0v) is 10.6. The Balaban J connectivity index is 1.94. The number of hydrogen-bond donors (Lipinski definition) is 2. The highest BCUT2D eigenvalue weighted by atomic mass is 16.4. The van der Waals surface area contributed by atoms with Crippen molar-refractivity contribution in [3.63, 3.8) is 0 Å². The minimum atomic E-state index is -0.840. The van der Waals surface area contributed by atoms with Crippen LogP contribution >= 0.6 is 0 Å². The first-order valence-electron chi connectivity index (χ1n) is 6.34. The summed E-state index contributed by atoms with van der Waals surface area (Å²) in [5.41, 5.74) is -0.814. The fourth-order valence-corrected chi connectivity index (χ4v) is 2.65. The Bertz CT molecular complexity index is 360. The van der Waals surface area contributed by atoms with Gasteiger partial charge in [-0.3, -0.25) is 4.79 Å². The van der Waals surface area contributed by atoms with E-state index < -0.39 is 11.4 Å². The first-order chi connectivity index (χ1) is 8.46. The number of rotatable bonds is 2. The van der Waals surface area contributed by atoms with Crippen LogP contribution in [0.4, 0.5) is 4.79 Å². The lowest BCUT2D eigenvalue weighted by atomic mass is 9.90. The molecule has 0 aromatic carbocycles. The number of hydrogen-bond acceptors (Lipinski definition) is 3. The summed E-state index contributed by atoms with van der Waals surface area (Å²) in [6.07, 6.45) is 1.33. The number of urea groups is 1. The van der Waals surface area contributed by atoms with Gasteiger partial charge in [-0.15, -0.1) is 0 Å². The average Bonchev–Trinajstić information content (AvgIpc) is 2.95. The number of aliphatic hydroxyl groups excluding tert-OH is 1. The molecule has 0 spiro atoms. The van der Waals surface area contributed by atoms with Crippen LogP contribution in [-0.2, 0) is 4.79 Å². The summed E-state index contributed by atoms with van der Waals surface area (Å²) in [6, 6.07) is -0.0871. The third-order valence-electron chi connectivity index (χ3n) is 4.07. The number of carbonyl (C=O) groups is 2. The molecule has 0 aliphatic carbocycles. The topological polar surface area (TPSA) is 81.1 Å². The summed E-state index contributed by atoms with van der Waals surface area (Å²) in [5, 5.41) is 18.2. The second kappa shape index (κ2) is 4.76. The van der Waals surface area contributed by atoms with E-state index in [4.69, 9.17) is 10.2 Å². The molecule has 2 fully saturated rings. The van der Waals surface area contributed by atoms with E-state index in [0.29, 0.717) is 26.1 Å². The summed E-state index contributed by atoms with van der Waals surface area (Å²) < 4.78 is 0. The van der Waals surface area contributed by atoms with Gasteiger partial charge < -0.3 is 20.0 Å². The van der Waals surface area contributed by atoms with Gasteiger partial charge in [0.1, 0.15) is 0 Å². The van der Waals surface area contributed by atoms with Gasteiger partial charge in [-0.1, -0.05) is 0 Å². The van der Waals surface area contributed by atoms with Crippen LogP contribution in [0.2, 0.25) is 0 Å². The average molecular weight is 256 g/mol. The van der Waals surface area contributed by atoms with Gasteiger partial charge in [0.05, 0.1) is 5.41 Å². The van der Waals surface area contributed by atoms with Crippen molar-refractivity contribution in [3.8, 4) is 0 Å². The molecular weight excluding hydrogens is 236 g/mol. The fraction of sp³-hybridized carbons (Fsp3) is 0.833. The Morgan fingerprint density at radius 3 is 2.56 bits per heavy atom. The van der Waals surface area contributed by atoms with E-state index in [-0.39, 0.29) is 25.1 Å². The van der Waals surface area contributed by atoms with Crippen molar-refractivity contribution < 1.29 is 19.8 Å². The molecule has 0 aromatic heterocycles. The molecule has 2 N–H and O–H groups in total. The lowest BCUT2D eigenvalue weighted by molar-refractivity contribution is -0.147. The van der Waals surface area contributed by atoms with Crippen LogP contribution in [0.25, 0.3) is 0 Å². The van der Waals surface area contributed by atoms with Crippen LogP contribution in [-0.4, -0.2) is 64.8 Å². The molecule has 6 heteroatoms. The minimum absolute atomic E-state index is 0.0871. The van der Waals surface area contributed by atoms with Crippen molar-refractivity contribution in [1.82, 2.24) is 9.80 Å². The molecule has 2 saturated heterocycles. The third-order valence-corrected chi connectivity index (χ3v) is 4.07. The highest BCUT2D eigenvalue weighted by Crippen LogP contribution is 2.31. The molecule has 0 aromatic rings. The van der Waals surface area contributed by atoms with Crippen molar-refractivity contribution in [2.45, 2.75) is 19.8 Å². The molecule has 2 aliphatic heterocycles. The Hall–Kier alpha value is -1.30. The number of aliphatic hydroxyl groups is 1. The molecule has 2 rings (SSSR count). The van der Waals surface area contributed by atoms with E-state index in [1.165, 1.54) is 0 Å². The third kappa shape index (κ3) is 2.29. The van der Waals surface area contributed by atoms with E-state index in [1.807, 2.05) is 0 Å². The minimum Gasteiger partial charge on any atom is -0.481 e. The molecule has 6 nitrogen and oxygen atoms in total. The summed E-state index contributed by atoms with van der Waals surface area (Å²) in [7, 11) is 0. The zero-order chi connectivity index (χ0) is 13.3. The standard InChI is InChI=1S/C12H20N2O4/c1-12(10(16)17)3-5-14(8-12)11(18)13-4-2-9(6-13)7-15/h9,15H,2-8H2,1H3,(H,16,17). The maximum absolute atomic E-state index is 12.2. The van der Waals surface area contributed by atoms with Crippen molar-refractivity contribution >= 4 is 12.0 Å². The van der Waals surface area contributed by atoms with Gasteiger partial charge in [-0.25, -0.2) is 4.79 Å². The monoisotopic (exact) mass is 256 g/mol. The van der Waals surface area contributed by atoms with E-state index in [9.17, 15) is 9.59 Å². The maximum Gasteiger partial charge on any atom is 0.320 e. The van der Waals surface area contributed by atoms with E-state index >= 15 is 0 Å². The Morgan fingerprint density at radius 1 is 1.33 bits per heavy atom. The van der Waals surface area contributed by atoms with Crippen molar-refractivity contribution in [2.75, 3.05) is 32.8 Å². The van der Waals surface area contributed by atoms with Crippen LogP contribution in [0, 0.1) is 11.3 Å². The second-order valence-electron chi connectivity index (χ2n) is 5.60. The van der Waals surface area contributed by atoms with Gasteiger partial charge in [0.2, 0.25) is 0 Å². The molecule has 2 heterocycles. The summed E-state index contributed by atoms with van der Waals surface area (Å²) in [5.74, 6) is -0.671. The molecule has 0 radical (unpaired) electrons. The second-order valence-corrected chi connectivity index (χ2v) is 5.60.